The van der Waals surface area contributed by atoms with Crippen molar-refractivity contribution in [3.63, 3.8) is 0 Å². The smallest absolute Gasteiger partial charge is 0.292 e. The Labute approximate surface area is 135 Å². The van der Waals surface area contributed by atoms with Crippen LogP contribution >= 0.6 is 0 Å². The van der Waals surface area contributed by atoms with Crippen LogP contribution < -0.4 is 0 Å². The Morgan fingerprint density at radius 2 is 2.09 bits per heavy atom. The third-order valence-corrected chi connectivity index (χ3v) is 4.36. The SMILES string of the molecule is CCc1nc(C)c(C(=O)N2CCCC[C@H]2c2ccc(F)cc2)o1. The highest BCUT2D eigenvalue weighted by molar-refractivity contribution is 5.92. The van der Waals surface area contributed by atoms with Gasteiger partial charge in [0.1, 0.15) is 5.82 Å². The summed E-state index contributed by atoms with van der Waals surface area (Å²) in [5.41, 5.74) is 1.60. The van der Waals surface area contributed by atoms with Gasteiger partial charge >= 0.3 is 0 Å². The molecule has 1 aliphatic heterocycles. The van der Waals surface area contributed by atoms with Crippen LogP contribution in [0.15, 0.2) is 28.7 Å². The van der Waals surface area contributed by atoms with Crippen LogP contribution in [0.4, 0.5) is 4.39 Å². The predicted molar refractivity (Wildman–Crippen MR) is 84.6 cm³/mol. The zero-order valence-electron chi connectivity index (χ0n) is 13.5. The van der Waals surface area contributed by atoms with Gasteiger partial charge in [-0.1, -0.05) is 19.1 Å². The normalized spacial score (nSPS) is 18.2. The first-order valence-electron chi connectivity index (χ1n) is 8.13. The van der Waals surface area contributed by atoms with E-state index < -0.39 is 0 Å². The molecule has 1 atom stereocenters. The Morgan fingerprint density at radius 3 is 2.74 bits per heavy atom. The number of halogens is 1. The molecule has 0 unspecified atom stereocenters. The number of aromatic nitrogens is 1. The van der Waals surface area contributed by atoms with Crippen molar-refractivity contribution in [2.45, 2.75) is 45.6 Å². The average molecular weight is 316 g/mol. The van der Waals surface area contributed by atoms with Crippen LogP contribution in [0, 0.1) is 12.7 Å². The summed E-state index contributed by atoms with van der Waals surface area (Å²) in [6, 6.07) is 6.38. The lowest BCUT2D eigenvalue weighted by molar-refractivity contribution is 0.0576. The molecule has 0 radical (unpaired) electrons. The molecule has 1 fully saturated rings. The summed E-state index contributed by atoms with van der Waals surface area (Å²) in [5, 5.41) is 0. The fourth-order valence-corrected chi connectivity index (χ4v) is 3.14. The number of hydrogen-bond acceptors (Lipinski definition) is 3. The minimum absolute atomic E-state index is 0.0357. The lowest BCUT2D eigenvalue weighted by Crippen LogP contribution is -2.38. The molecule has 2 heterocycles. The Morgan fingerprint density at radius 1 is 1.35 bits per heavy atom. The van der Waals surface area contributed by atoms with Crippen LogP contribution in [-0.4, -0.2) is 22.3 Å². The molecule has 122 valence electrons. The van der Waals surface area contributed by atoms with Gasteiger partial charge in [-0.25, -0.2) is 9.37 Å². The minimum atomic E-state index is -0.263. The second kappa shape index (κ2) is 6.52. The van der Waals surface area contributed by atoms with Crippen LogP contribution in [0.2, 0.25) is 0 Å². The topological polar surface area (TPSA) is 46.3 Å². The Bertz CT molecular complexity index is 694. The molecule has 0 saturated carbocycles. The Hall–Kier alpha value is -2.17. The zero-order chi connectivity index (χ0) is 16.4. The number of likely N-dealkylation sites (tertiary alicyclic amines) is 1. The van der Waals surface area contributed by atoms with Crippen molar-refractivity contribution in [2.75, 3.05) is 6.54 Å². The van der Waals surface area contributed by atoms with Gasteiger partial charge < -0.3 is 9.32 Å². The number of amides is 1. The average Bonchev–Trinajstić information content (AvgIpc) is 2.96. The maximum absolute atomic E-state index is 13.2. The van der Waals surface area contributed by atoms with E-state index in [1.807, 2.05) is 11.8 Å². The van der Waals surface area contributed by atoms with Crippen molar-refractivity contribution in [3.8, 4) is 0 Å². The molecule has 1 saturated heterocycles. The largest absolute Gasteiger partial charge is 0.435 e. The maximum atomic E-state index is 13.2. The number of oxazole rings is 1. The summed E-state index contributed by atoms with van der Waals surface area (Å²) in [4.78, 5) is 19.0. The van der Waals surface area contributed by atoms with E-state index in [1.165, 1.54) is 12.1 Å². The lowest BCUT2D eigenvalue weighted by Gasteiger charge is -2.35. The number of piperidine rings is 1. The molecule has 23 heavy (non-hydrogen) atoms. The van der Waals surface area contributed by atoms with Crippen LogP contribution in [-0.2, 0) is 6.42 Å². The van der Waals surface area contributed by atoms with Crippen LogP contribution in [0.5, 0.6) is 0 Å². The third kappa shape index (κ3) is 3.14. The molecule has 0 aliphatic carbocycles. The van der Waals surface area contributed by atoms with E-state index in [9.17, 15) is 9.18 Å². The van der Waals surface area contributed by atoms with Gasteiger partial charge in [-0.3, -0.25) is 4.79 Å². The number of rotatable bonds is 3. The summed E-state index contributed by atoms with van der Waals surface area (Å²) in [6.45, 7) is 4.43. The van der Waals surface area contributed by atoms with Crippen molar-refractivity contribution in [1.29, 1.82) is 0 Å². The van der Waals surface area contributed by atoms with Crippen molar-refractivity contribution in [2.24, 2.45) is 0 Å². The van der Waals surface area contributed by atoms with Crippen molar-refractivity contribution >= 4 is 5.91 Å². The van der Waals surface area contributed by atoms with E-state index in [4.69, 9.17) is 4.42 Å². The molecule has 3 rings (SSSR count). The predicted octanol–water partition coefficient (Wildman–Crippen LogP) is 4.05. The van der Waals surface area contributed by atoms with Gasteiger partial charge in [-0.05, 0) is 43.9 Å². The van der Waals surface area contributed by atoms with Gasteiger partial charge in [-0.2, -0.15) is 0 Å². The molecule has 1 aromatic heterocycles. The molecule has 0 spiro atoms. The van der Waals surface area contributed by atoms with E-state index >= 15 is 0 Å². The van der Waals surface area contributed by atoms with Gasteiger partial charge in [0.25, 0.3) is 5.91 Å². The lowest BCUT2D eigenvalue weighted by atomic mass is 9.95. The molecule has 5 heteroatoms. The summed E-state index contributed by atoms with van der Waals surface area (Å²) in [7, 11) is 0. The van der Waals surface area contributed by atoms with E-state index in [1.54, 1.807) is 19.1 Å². The first-order chi connectivity index (χ1) is 11.1. The number of aryl methyl sites for hydroxylation is 2. The number of carbonyl (C=O) groups excluding carboxylic acids is 1. The van der Waals surface area contributed by atoms with E-state index in [0.717, 1.165) is 24.8 Å². The highest BCUT2D eigenvalue weighted by Crippen LogP contribution is 2.32. The highest BCUT2D eigenvalue weighted by Gasteiger charge is 2.31. The first kappa shape index (κ1) is 15.7. The van der Waals surface area contributed by atoms with Gasteiger partial charge in [0.05, 0.1) is 11.7 Å². The summed E-state index contributed by atoms with van der Waals surface area (Å²) >= 11 is 0. The van der Waals surface area contributed by atoms with E-state index in [0.29, 0.717) is 30.3 Å². The van der Waals surface area contributed by atoms with Crippen LogP contribution in [0.1, 0.15) is 59.9 Å². The molecule has 1 amide bonds. The van der Waals surface area contributed by atoms with Crippen LogP contribution in [0.25, 0.3) is 0 Å². The van der Waals surface area contributed by atoms with Gasteiger partial charge in [0.2, 0.25) is 5.76 Å². The molecule has 1 aromatic carbocycles. The molecule has 1 aliphatic rings. The van der Waals surface area contributed by atoms with Crippen molar-refractivity contribution in [3.05, 3.63) is 53.0 Å². The van der Waals surface area contributed by atoms with Gasteiger partial charge in [-0.15, -0.1) is 0 Å². The zero-order valence-corrected chi connectivity index (χ0v) is 13.5. The van der Waals surface area contributed by atoms with Crippen molar-refractivity contribution in [1.82, 2.24) is 9.88 Å². The monoisotopic (exact) mass is 316 g/mol. The number of hydrogen-bond donors (Lipinski definition) is 0. The van der Waals surface area contributed by atoms with Crippen molar-refractivity contribution < 1.29 is 13.6 Å². The summed E-state index contributed by atoms with van der Waals surface area (Å²) < 4.78 is 18.8. The molecule has 4 nitrogen and oxygen atoms in total. The number of carbonyl (C=O) groups is 1. The Balaban J connectivity index is 1.89. The summed E-state index contributed by atoms with van der Waals surface area (Å²) in [6.07, 6.45) is 3.57. The van der Waals surface area contributed by atoms with E-state index in [-0.39, 0.29) is 17.8 Å². The maximum Gasteiger partial charge on any atom is 0.292 e. The molecule has 2 aromatic rings. The third-order valence-electron chi connectivity index (χ3n) is 4.36. The van der Waals surface area contributed by atoms with Gasteiger partial charge in [0.15, 0.2) is 5.89 Å². The minimum Gasteiger partial charge on any atom is -0.435 e. The fraction of sp³-hybridized carbons (Fsp3) is 0.444. The van der Waals surface area contributed by atoms with E-state index in [2.05, 4.69) is 4.98 Å². The first-order valence-corrected chi connectivity index (χ1v) is 8.13. The van der Waals surface area contributed by atoms with Crippen LogP contribution in [0.3, 0.4) is 0 Å². The highest BCUT2D eigenvalue weighted by atomic mass is 19.1. The number of benzene rings is 1. The molecular weight excluding hydrogens is 295 g/mol. The quantitative estimate of drug-likeness (QED) is 0.858. The second-order valence-corrected chi connectivity index (χ2v) is 5.94. The second-order valence-electron chi connectivity index (χ2n) is 5.94. The molecular formula is C18H21FN2O2. The molecule has 0 N–H and O–H groups in total. The van der Waals surface area contributed by atoms with Gasteiger partial charge in [0, 0.05) is 13.0 Å². The fourth-order valence-electron chi connectivity index (χ4n) is 3.14. The Kier molecular flexibility index (Phi) is 4.46. The summed E-state index contributed by atoms with van der Waals surface area (Å²) in [5.74, 6) is 0.530. The standard InChI is InChI=1S/C18H21FN2O2/c1-3-16-20-12(2)17(23-16)18(22)21-11-5-4-6-15(21)13-7-9-14(19)10-8-13/h7-10,15H,3-6,11H2,1-2H3/t15-/m0/s1. The molecule has 0 bridgehead atoms. The number of nitrogens with zero attached hydrogens (tertiary/aromatic N) is 2.